The molecule has 0 spiro atoms. The first kappa shape index (κ1) is 12.9. The molecule has 0 atom stereocenters. The first-order chi connectivity index (χ1) is 7.46. The van der Waals surface area contributed by atoms with Gasteiger partial charge in [0, 0.05) is 19.0 Å². The molecule has 0 saturated carbocycles. The summed E-state index contributed by atoms with van der Waals surface area (Å²) in [6, 6.07) is 0. The Morgan fingerprint density at radius 3 is 2.31 bits per heavy atom. The van der Waals surface area contributed by atoms with E-state index in [9.17, 15) is 9.59 Å². The highest BCUT2D eigenvalue weighted by atomic mass is 16.2. The second-order valence-corrected chi connectivity index (χ2v) is 5.20. The number of hydrogen-bond acceptors (Lipinski definition) is 2. The molecular weight excluding hydrogens is 202 g/mol. The van der Waals surface area contributed by atoms with Crippen LogP contribution >= 0.6 is 0 Å². The molecule has 0 aromatic heterocycles. The second kappa shape index (κ2) is 5.28. The van der Waals surface area contributed by atoms with Crippen LogP contribution in [-0.2, 0) is 9.59 Å². The molecule has 0 aliphatic carbocycles. The lowest BCUT2D eigenvalue weighted by atomic mass is 9.82. The molecule has 1 aliphatic rings. The predicted molar refractivity (Wildman–Crippen MR) is 63.5 cm³/mol. The standard InChI is InChI=1S/C13H21NO2/c1-4-5-6-7-8-14-11(15)9-13(2,3)10-12(14)16/h7-8H,4-6,9-10H2,1-3H3/b8-7+. The van der Waals surface area contributed by atoms with Crippen molar-refractivity contribution in [3.63, 3.8) is 0 Å². The van der Waals surface area contributed by atoms with E-state index in [0.29, 0.717) is 12.8 Å². The molecule has 3 heteroatoms. The summed E-state index contributed by atoms with van der Waals surface area (Å²) >= 11 is 0. The van der Waals surface area contributed by atoms with Crippen molar-refractivity contribution in [2.75, 3.05) is 0 Å². The van der Waals surface area contributed by atoms with Crippen molar-refractivity contribution in [2.45, 2.75) is 52.9 Å². The monoisotopic (exact) mass is 223 g/mol. The van der Waals surface area contributed by atoms with Crippen LogP contribution in [0.25, 0.3) is 0 Å². The summed E-state index contributed by atoms with van der Waals surface area (Å²) in [4.78, 5) is 24.8. The van der Waals surface area contributed by atoms with E-state index in [-0.39, 0.29) is 17.2 Å². The van der Waals surface area contributed by atoms with Crippen molar-refractivity contribution >= 4 is 11.8 Å². The maximum absolute atomic E-state index is 11.7. The number of piperidine rings is 1. The van der Waals surface area contributed by atoms with Crippen LogP contribution in [0.15, 0.2) is 12.3 Å². The summed E-state index contributed by atoms with van der Waals surface area (Å²) in [5.41, 5.74) is -0.179. The van der Waals surface area contributed by atoms with Gasteiger partial charge in [-0.05, 0) is 11.8 Å². The zero-order valence-corrected chi connectivity index (χ0v) is 10.5. The van der Waals surface area contributed by atoms with Gasteiger partial charge in [-0.2, -0.15) is 0 Å². The topological polar surface area (TPSA) is 37.4 Å². The van der Waals surface area contributed by atoms with Crippen LogP contribution < -0.4 is 0 Å². The fraction of sp³-hybridized carbons (Fsp3) is 0.692. The van der Waals surface area contributed by atoms with E-state index < -0.39 is 0 Å². The third-order valence-corrected chi connectivity index (χ3v) is 2.78. The second-order valence-electron chi connectivity index (χ2n) is 5.20. The Labute approximate surface area is 97.5 Å². The van der Waals surface area contributed by atoms with E-state index in [2.05, 4.69) is 6.92 Å². The third kappa shape index (κ3) is 3.47. The first-order valence-corrected chi connectivity index (χ1v) is 5.98. The SMILES string of the molecule is CCCC/C=C/N1C(=O)CC(C)(C)CC1=O. The molecule has 1 fully saturated rings. The Morgan fingerprint density at radius 1 is 1.25 bits per heavy atom. The minimum Gasteiger partial charge on any atom is -0.274 e. The van der Waals surface area contributed by atoms with Crippen molar-refractivity contribution in [3.05, 3.63) is 12.3 Å². The lowest BCUT2D eigenvalue weighted by molar-refractivity contribution is -0.148. The van der Waals surface area contributed by atoms with Crippen LogP contribution in [0.4, 0.5) is 0 Å². The molecule has 2 amide bonds. The summed E-state index contributed by atoms with van der Waals surface area (Å²) in [6.45, 7) is 6.04. The molecule has 0 aromatic rings. The number of hydrogen-bond donors (Lipinski definition) is 0. The molecule has 0 bridgehead atoms. The number of imide groups is 1. The molecular formula is C13H21NO2. The number of amides is 2. The molecule has 1 aliphatic heterocycles. The zero-order valence-electron chi connectivity index (χ0n) is 10.5. The average Bonchev–Trinajstić information content (AvgIpc) is 2.13. The van der Waals surface area contributed by atoms with Gasteiger partial charge in [-0.15, -0.1) is 0 Å². The number of unbranched alkanes of at least 4 members (excludes halogenated alkanes) is 2. The van der Waals surface area contributed by atoms with E-state index in [1.807, 2.05) is 19.9 Å². The number of carbonyl (C=O) groups is 2. The summed E-state index contributed by atoms with van der Waals surface area (Å²) in [6.07, 6.45) is 7.62. The summed E-state index contributed by atoms with van der Waals surface area (Å²) < 4.78 is 0. The number of rotatable bonds is 4. The molecule has 1 saturated heterocycles. The number of allylic oxidation sites excluding steroid dienone is 1. The van der Waals surface area contributed by atoms with Crippen molar-refractivity contribution in [1.82, 2.24) is 4.90 Å². The summed E-state index contributed by atoms with van der Waals surface area (Å²) in [5, 5.41) is 0. The van der Waals surface area contributed by atoms with Gasteiger partial charge in [0.25, 0.3) is 0 Å². The quantitative estimate of drug-likeness (QED) is 0.543. The smallest absolute Gasteiger partial charge is 0.233 e. The maximum atomic E-state index is 11.7. The molecule has 0 N–H and O–H groups in total. The van der Waals surface area contributed by atoms with Crippen LogP contribution in [0.5, 0.6) is 0 Å². The van der Waals surface area contributed by atoms with Crippen LogP contribution in [0.1, 0.15) is 52.9 Å². The third-order valence-electron chi connectivity index (χ3n) is 2.78. The van der Waals surface area contributed by atoms with Crippen molar-refractivity contribution in [3.8, 4) is 0 Å². The summed E-state index contributed by atoms with van der Waals surface area (Å²) in [5.74, 6) is -0.150. The minimum absolute atomic E-state index is 0.0750. The largest absolute Gasteiger partial charge is 0.274 e. The van der Waals surface area contributed by atoms with Crippen LogP contribution in [-0.4, -0.2) is 16.7 Å². The molecule has 0 aromatic carbocycles. The van der Waals surface area contributed by atoms with Gasteiger partial charge in [-0.3, -0.25) is 14.5 Å². The fourth-order valence-corrected chi connectivity index (χ4v) is 1.86. The van der Waals surface area contributed by atoms with E-state index in [1.165, 1.54) is 4.90 Å². The zero-order chi connectivity index (χ0) is 12.2. The highest BCUT2D eigenvalue weighted by molar-refractivity contribution is 5.99. The van der Waals surface area contributed by atoms with Gasteiger partial charge in [0.2, 0.25) is 11.8 Å². The van der Waals surface area contributed by atoms with Gasteiger partial charge in [-0.1, -0.05) is 39.7 Å². The molecule has 16 heavy (non-hydrogen) atoms. The van der Waals surface area contributed by atoms with Crippen molar-refractivity contribution < 1.29 is 9.59 Å². The fourth-order valence-electron chi connectivity index (χ4n) is 1.86. The average molecular weight is 223 g/mol. The Morgan fingerprint density at radius 2 is 1.81 bits per heavy atom. The van der Waals surface area contributed by atoms with Gasteiger partial charge in [0.05, 0.1) is 0 Å². The predicted octanol–water partition coefficient (Wildman–Crippen LogP) is 2.87. The Hall–Kier alpha value is -1.12. The minimum atomic E-state index is -0.179. The molecule has 3 nitrogen and oxygen atoms in total. The Balaban J connectivity index is 2.58. The maximum Gasteiger partial charge on any atom is 0.233 e. The van der Waals surface area contributed by atoms with Gasteiger partial charge in [-0.25, -0.2) is 0 Å². The van der Waals surface area contributed by atoms with Crippen LogP contribution in [0.3, 0.4) is 0 Å². The molecule has 0 unspecified atom stereocenters. The number of likely N-dealkylation sites (tertiary alicyclic amines) is 1. The van der Waals surface area contributed by atoms with Gasteiger partial charge < -0.3 is 0 Å². The van der Waals surface area contributed by atoms with Crippen LogP contribution in [0.2, 0.25) is 0 Å². The molecule has 0 radical (unpaired) electrons. The molecule has 1 rings (SSSR count). The van der Waals surface area contributed by atoms with Gasteiger partial charge >= 0.3 is 0 Å². The highest BCUT2D eigenvalue weighted by Gasteiger charge is 2.36. The summed E-state index contributed by atoms with van der Waals surface area (Å²) in [7, 11) is 0. The normalized spacial score (nSPS) is 20.8. The van der Waals surface area contributed by atoms with E-state index in [4.69, 9.17) is 0 Å². The van der Waals surface area contributed by atoms with E-state index in [1.54, 1.807) is 6.20 Å². The van der Waals surface area contributed by atoms with E-state index in [0.717, 1.165) is 19.3 Å². The van der Waals surface area contributed by atoms with Gasteiger partial charge in [0.1, 0.15) is 0 Å². The molecule has 90 valence electrons. The van der Waals surface area contributed by atoms with Crippen molar-refractivity contribution in [2.24, 2.45) is 5.41 Å². The first-order valence-electron chi connectivity index (χ1n) is 5.98. The Bertz CT molecular complexity index is 285. The molecule has 1 heterocycles. The Kier molecular flexibility index (Phi) is 4.27. The highest BCUT2D eigenvalue weighted by Crippen LogP contribution is 2.31. The lowest BCUT2D eigenvalue weighted by Crippen LogP contribution is -2.42. The lowest BCUT2D eigenvalue weighted by Gasteiger charge is -2.32. The van der Waals surface area contributed by atoms with Crippen molar-refractivity contribution in [1.29, 1.82) is 0 Å². The van der Waals surface area contributed by atoms with Crippen LogP contribution in [0, 0.1) is 5.41 Å². The number of nitrogens with zero attached hydrogens (tertiary/aromatic N) is 1. The van der Waals surface area contributed by atoms with Gasteiger partial charge in [0.15, 0.2) is 0 Å². The van der Waals surface area contributed by atoms with E-state index >= 15 is 0 Å². The number of carbonyl (C=O) groups excluding carboxylic acids is 2.